The van der Waals surface area contributed by atoms with Crippen molar-refractivity contribution in [2.75, 3.05) is 20.6 Å². The van der Waals surface area contributed by atoms with Gasteiger partial charge in [-0.3, -0.25) is 24.2 Å². The van der Waals surface area contributed by atoms with Gasteiger partial charge in [0.1, 0.15) is 6.54 Å². The van der Waals surface area contributed by atoms with Crippen molar-refractivity contribution in [3.05, 3.63) is 35.4 Å². The van der Waals surface area contributed by atoms with E-state index in [1.807, 2.05) is 0 Å². The smallest absolute Gasteiger partial charge is 0.343 e. The van der Waals surface area contributed by atoms with Gasteiger partial charge in [0.2, 0.25) is 11.8 Å². The third kappa shape index (κ3) is 4.79. The minimum absolute atomic E-state index is 0.113. The highest BCUT2D eigenvalue weighted by molar-refractivity contribution is 6.05. The van der Waals surface area contributed by atoms with E-state index < -0.39 is 24.7 Å². The van der Waals surface area contributed by atoms with Crippen molar-refractivity contribution in [2.45, 2.75) is 25.2 Å². The molecule has 1 aliphatic rings. The molecule has 1 aromatic rings. The lowest BCUT2D eigenvalue weighted by atomic mass is 10.1. The molecule has 1 atom stereocenters. The number of likely N-dealkylation sites (N-methyl/N-ethyl adjacent to an activating group) is 2. The van der Waals surface area contributed by atoms with Crippen LogP contribution in [-0.2, 0) is 16.1 Å². The molecule has 136 valence electrons. The fourth-order valence-electron chi connectivity index (χ4n) is 2.52. The number of imide groups is 1. The summed E-state index contributed by atoms with van der Waals surface area (Å²) < 4.78 is 36.3. The Bertz CT molecular complexity index is 673. The number of nitrogens with zero attached hydrogens (tertiary/aromatic N) is 2. The van der Waals surface area contributed by atoms with Crippen LogP contribution in [0.15, 0.2) is 24.3 Å². The molecule has 25 heavy (non-hydrogen) atoms. The van der Waals surface area contributed by atoms with Crippen LogP contribution in [0.4, 0.5) is 13.2 Å². The summed E-state index contributed by atoms with van der Waals surface area (Å²) >= 11 is 0. The van der Waals surface area contributed by atoms with Crippen LogP contribution in [0.2, 0.25) is 0 Å². The van der Waals surface area contributed by atoms with Crippen molar-refractivity contribution >= 4 is 17.7 Å². The number of hydrogen-bond acceptors (Lipinski definition) is 4. The SMILES string of the molecule is CN1C(=O)CC(N(C)Cc2ccc(C(=O)NCC(F)(F)F)cc2)C1=O. The molecule has 1 unspecified atom stereocenters. The Hall–Kier alpha value is -2.42. The van der Waals surface area contributed by atoms with Gasteiger partial charge < -0.3 is 5.32 Å². The molecule has 0 spiro atoms. The third-order valence-corrected chi connectivity index (χ3v) is 3.99. The number of amides is 3. The van der Waals surface area contributed by atoms with Crippen LogP contribution in [-0.4, -0.2) is 60.4 Å². The number of alkyl halides is 3. The fraction of sp³-hybridized carbons (Fsp3) is 0.438. The lowest BCUT2D eigenvalue weighted by Crippen LogP contribution is -2.38. The van der Waals surface area contributed by atoms with E-state index in [-0.39, 0.29) is 23.8 Å². The zero-order valence-electron chi connectivity index (χ0n) is 13.8. The average Bonchev–Trinajstić information content (AvgIpc) is 2.80. The van der Waals surface area contributed by atoms with Crippen LogP contribution < -0.4 is 5.32 Å². The average molecular weight is 357 g/mol. The normalized spacial score (nSPS) is 18.2. The fourth-order valence-corrected chi connectivity index (χ4v) is 2.52. The van der Waals surface area contributed by atoms with Crippen LogP contribution >= 0.6 is 0 Å². The minimum Gasteiger partial charge on any atom is -0.343 e. The Kier molecular flexibility index (Phi) is 5.46. The minimum atomic E-state index is -4.46. The quantitative estimate of drug-likeness (QED) is 0.803. The number of rotatable bonds is 5. The summed E-state index contributed by atoms with van der Waals surface area (Å²) in [4.78, 5) is 38.0. The number of nitrogens with one attached hydrogen (secondary N) is 1. The first-order valence-corrected chi connectivity index (χ1v) is 7.53. The highest BCUT2D eigenvalue weighted by Crippen LogP contribution is 2.18. The zero-order chi connectivity index (χ0) is 18.8. The molecule has 3 amide bonds. The van der Waals surface area contributed by atoms with Gasteiger partial charge >= 0.3 is 6.18 Å². The molecular formula is C16H18F3N3O3. The van der Waals surface area contributed by atoms with E-state index in [0.29, 0.717) is 6.54 Å². The molecular weight excluding hydrogens is 339 g/mol. The second-order valence-electron chi connectivity index (χ2n) is 5.92. The monoisotopic (exact) mass is 357 g/mol. The molecule has 0 saturated carbocycles. The van der Waals surface area contributed by atoms with E-state index in [2.05, 4.69) is 0 Å². The van der Waals surface area contributed by atoms with Crippen LogP contribution in [0.5, 0.6) is 0 Å². The maximum absolute atomic E-state index is 12.1. The topological polar surface area (TPSA) is 69.7 Å². The molecule has 6 nitrogen and oxygen atoms in total. The summed E-state index contributed by atoms with van der Waals surface area (Å²) in [6.45, 7) is -1.02. The third-order valence-electron chi connectivity index (χ3n) is 3.99. The Morgan fingerprint density at radius 3 is 2.36 bits per heavy atom. The zero-order valence-corrected chi connectivity index (χ0v) is 13.8. The molecule has 1 N–H and O–H groups in total. The van der Waals surface area contributed by atoms with Gasteiger partial charge in [0.15, 0.2) is 0 Å². The van der Waals surface area contributed by atoms with Gasteiger partial charge in [-0.2, -0.15) is 13.2 Å². The Morgan fingerprint density at radius 2 is 1.88 bits per heavy atom. The highest BCUT2D eigenvalue weighted by Gasteiger charge is 2.38. The summed E-state index contributed by atoms with van der Waals surface area (Å²) in [5, 5.41) is 1.80. The predicted octanol–water partition coefficient (Wildman–Crippen LogP) is 1.17. The second kappa shape index (κ2) is 7.22. The molecule has 1 saturated heterocycles. The summed E-state index contributed by atoms with van der Waals surface area (Å²) in [5.41, 5.74) is 0.882. The summed E-state index contributed by atoms with van der Waals surface area (Å²) in [7, 11) is 3.14. The first-order chi connectivity index (χ1) is 11.6. The van der Waals surface area contributed by atoms with Crippen molar-refractivity contribution < 1.29 is 27.6 Å². The molecule has 1 aliphatic heterocycles. The maximum atomic E-state index is 12.1. The first kappa shape index (κ1) is 18.9. The van der Waals surface area contributed by atoms with Crippen molar-refractivity contribution in [1.82, 2.24) is 15.1 Å². The number of benzene rings is 1. The molecule has 9 heteroatoms. The number of likely N-dealkylation sites (tertiary alicyclic amines) is 1. The van der Waals surface area contributed by atoms with Gasteiger partial charge in [-0.1, -0.05) is 12.1 Å². The van der Waals surface area contributed by atoms with E-state index in [1.54, 1.807) is 29.4 Å². The van der Waals surface area contributed by atoms with Crippen LogP contribution in [0, 0.1) is 0 Å². The van der Waals surface area contributed by atoms with Gasteiger partial charge in [0, 0.05) is 19.2 Å². The highest BCUT2D eigenvalue weighted by atomic mass is 19.4. The van der Waals surface area contributed by atoms with E-state index in [9.17, 15) is 27.6 Å². The Balaban J connectivity index is 1.95. The Morgan fingerprint density at radius 1 is 1.28 bits per heavy atom. The predicted molar refractivity (Wildman–Crippen MR) is 82.5 cm³/mol. The summed E-state index contributed by atoms with van der Waals surface area (Å²) in [6.07, 6.45) is -4.35. The molecule has 0 bridgehead atoms. The van der Waals surface area contributed by atoms with Gasteiger partial charge in [-0.15, -0.1) is 0 Å². The summed E-state index contributed by atoms with van der Waals surface area (Å²) in [5.74, 6) is -1.32. The molecule has 0 radical (unpaired) electrons. The molecule has 1 aromatic carbocycles. The second-order valence-corrected chi connectivity index (χ2v) is 5.92. The lowest BCUT2D eigenvalue weighted by molar-refractivity contribution is -0.138. The van der Waals surface area contributed by atoms with Crippen LogP contribution in [0.1, 0.15) is 22.3 Å². The van der Waals surface area contributed by atoms with Gasteiger partial charge in [-0.05, 0) is 24.7 Å². The molecule has 2 rings (SSSR count). The standard InChI is InChI=1S/C16H18F3N3O3/c1-21(12-7-13(23)22(2)15(12)25)8-10-3-5-11(6-4-10)14(24)20-9-16(17,18)19/h3-6,12H,7-9H2,1-2H3,(H,20,24). The van der Waals surface area contributed by atoms with E-state index in [1.165, 1.54) is 19.2 Å². The largest absolute Gasteiger partial charge is 0.405 e. The van der Waals surface area contributed by atoms with Crippen molar-refractivity contribution in [1.29, 1.82) is 0 Å². The van der Waals surface area contributed by atoms with Gasteiger partial charge in [-0.25, -0.2) is 0 Å². The Labute approximate surface area is 142 Å². The molecule has 0 aromatic heterocycles. The van der Waals surface area contributed by atoms with Crippen molar-refractivity contribution in [3.8, 4) is 0 Å². The molecule has 0 aliphatic carbocycles. The lowest BCUT2D eigenvalue weighted by Gasteiger charge is -2.22. The van der Waals surface area contributed by atoms with E-state index >= 15 is 0 Å². The number of hydrogen-bond donors (Lipinski definition) is 1. The van der Waals surface area contributed by atoms with Crippen molar-refractivity contribution in [3.63, 3.8) is 0 Å². The van der Waals surface area contributed by atoms with Gasteiger partial charge in [0.05, 0.1) is 12.5 Å². The molecule has 1 heterocycles. The van der Waals surface area contributed by atoms with Crippen LogP contribution in [0.25, 0.3) is 0 Å². The van der Waals surface area contributed by atoms with E-state index in [4.69, 9.17) is 0 Å². The maximum Gasteiger partial charge on any atom is 0.405 e. The van der Waals surface area contributed by atoms with Crippen LogP contribution in [0.3, 0.4) is 0 Å². The number of carbonyl (C=O) groups excluding carboxylic acids is 3. The van der Waals surface area contributed by atoms with Gasteiger partial charge in [0.25, 0.3) is 5.91 Å². The van der Waals surface area contributed by atoms with E-state index in [0.717, 1.165) is 10.5 Å². The number of carbonyl (C=O) groups is 3. The molecule has 1 fully saturated rings. The first-order valence-electron chi connectivity index (χ1n) is 7.53. The summed E-state index contributed by atoms with van der Waals surface area (Å²) in [6, 6.07) is 5.51. The van der Waals surface area contributed by atoms with Crippen molar-refractivity contribution in [2.24, 2.45) is 0 Å². The number of halogens is 3.